The molecule has 0 spiro atoms. The zero-order valence-electron chi connectivity index (χ0n) is 17.9. The predicted octanol–water partition coefficient (Wildman–Crippen LogP) is 3.46. The van der Waals surface area contributed by atoms with E-state index < -0.39 is 20.2 Å². The molecule has 0 unspecified atom stereocenters. The normalized spacial score (nSPS) is 11.2. The van der Waals surface area contributed by atoms with Gasteiger partial charge in [-0.15, -0.1) is 0 Å². The molecule has 0 amide bonds. The van der Waals surface area contributed by atoms with Crippen molar-refractivity contribution in [1.82, 2.24) is 0 Å². The second-order valence-corrected chi connectivity index (χ2v) is 10.3. The van der Waals surface area contributed by atoms with E-state index in [1.54, 1.807) is 0 Å². The maximum absolute atomic E-state index is 11.0. The summed E-state index contributed by atoms with van der Waals surface area (Å²) in [5, 5.41) is 0. The van der Waals surface area contributed by atoms with E-state index >= 15 is 0 Å². The molecule has 0 atom stereocenters. The summed E-state index contributed by atoms with van der Waals surface area (Å²) in [6, 6.07) is 11.4. The summed E-state index contributed by atoms with van der Waals surface area (Å²) >= 11 is 0. The molecule has 0 saturated carbocycles. The van der Waals surface area contributed by atoms with Crippen molar-refractivity contribution in [2.45, 2.75) is 61.2 Å². The molecule has 182 valence electrons. The first-order chi connectivity index (χ1) is 15.2. The molecule has 12 heteroatoms. The summed E-state index contributed by atoms with van der Waals surface area (Å²) in [5.74, 6) is 1.16. The third-order valence-corrected chi connectivity index (χ3v) is 6.56. The van der Waals surface area contributed by atoms with Gasteiger partial charge in [-0.3, -0.25) is 9.11 Å². The van der Waals surface area contributed by atoms with Crippen LogP contribution in [0.5, 0.6) is 11.5 Å². The van der Waals surface area contributed by atoms with E-state index in [0.717, 1.165) is 51.4 Å². The van der Waals surface area contributed by atoms with Crippen LogP contribution in [0.3, 0.4) is 0 Å². The van der Waals surface area contributed by atoms with Crippen LogP contribution in [0.15, 0.2) is 58.3 Å². The molecule has 0 heterocycles. The van der Waals surface area contributed by atoms with Gasteiger partial charge in [0.25, 0.3) is 20.2 Å². The van der Waals surface area contributed by atoms with E-state index in [4.69, 9.17) is 18.6 Å². The number of ether oxygens (including phenoxy) is 2. The quantitative estimate of drug-likeness (QED) is 0.202. The summed E-state index contributed by atoms with van der Waals surface area (Å²) in [6.45, 7) is 1.13. The molecule has 0 bridgehead atoms. The van der Waals surface area contributed by atoms with Gasteiger partial charge in [0.2, 0.25) is 0 Å². The van der Waals surface area contributed by atoms with Crippen LogP contribution in [0.25, 0.3) is 0 Å². The van der Waals surface area contributed by atoms with Gasteiger partial charge < -0.3 is 9.47 Å². The van der Waals surface area contributed by atoms with Gasteiger partial charge in [-0.05, 0) is 61.4 Å². The van der Waals surface area contributed by atoms with Crippen LogP contribution >= 0.6 is 0 Å². The first kappa shape index (κ1) is 33.9. The Balaban J connectivity index is 0.00000544. The Hall–Kier alpha value is -0.140. The monoisotopic (exact) mass is 534 g/mol. The van der Waals surface area contributed by atoms with Gasteiger partial charge in [0.05, 0.1) is 23.0 Å². The van der Waals surface area contributed by atoms with Crippen molar-refractivity contribution < 1.29 is 35.4 Å². The number of rotatable bonds is 15. The molecule has 0 aromatic heterocycles. The van der Waals surface area contributed by atoms with Crippen molar-refractivity contribution in [2.24, 2.45) is 0 Å². The molecule has 0 aliphatic rings. The van der Waals surface area contributed by atoms with Crippen LogP contribution < -0.4 is 9.47 Å². The van der Waals surface area contributed by atoms with E-state index in [9.17, 15) is 16.8 Å². The molecule has 0 fully saturated rings. The zero-order chi connectivity index (χ0) is 23.5. The van der Waals surface area contributed by atoms with Crippen LogP contribution in [0, 0.1) is 0 Å². The predicted molar refractivity (Wildman–Crippen MR) is 135 cm³/mol. The molecule has 0 saturated heterocycles. The summed E-state index contributed by atoms with van der Waals surface area (Å²) in [5.41, 5.74) is 0. The summed E-state index contributed by atoms with van der Waals surface area (Å²) in [7, 11) is -8.34. The average molecular weight is 535 g/mol. The number of unbranched alkanes of at least 4 members (excludes halogenated alkanes) is 7. The molecule has 2 aromatic carbocycles. The standard InChI is InChI=1S/C22H30O8S2.2Na.2H/c23-31(24,25)21-13-9-19(10-14-21)29-17-7-5-3-1-2-4-6-8-18-30-20-11-15-22(16-12-20)32(26,27)28;;;;/h9-16H,1-8,17-18H2,(H,23,24,25)(H,26,27,28);;;;. The van der Waals surface area contributed by atoms with E-state index in [1.165, 1.54) is 48.5 Å². The summed E-state index contributed by atoms with van der Waals surface area (Å²) in [6.07, 6.45) is 8.53. The molecular formula is C22H32Na2O8S2. The average Bonchev–Trinajstić information content (AvgIpc) is 2.74. The van der Waals surface area contributed by atoms with Crippen LogP contribution in [0.1, 0.15) is 51.4 Å². The van der Waals surface area contributed by atoms with Gasteiger partial charge >= 0.3 is 59.1 Å². The Morgan fingerprint density at radius 2 is 0.765 bits per heavy atom. The molecule has 8 nitrogen and oxygen atoms in total. The van der Waals surface area contributed by atoms with Crippen molar-refractivity contribution in [1.29, 1.82) is 0 Å². The maximum atomic E-state index is 11.0. The Morgan fingerprint density at radius 3 is 1.03 bits per heavy atom. The number of benzene rings is 2. The fraction of sp³-hybridized carbons (Fsp3) is 0.455. The SMILES string of the molecule is O=S(=O)(O)c1ccc(OCCCCCCCCCCOc2ccc(S(=O)(=O)O)cc2)cc1.[NaH].[NaH]. The van der Waals surface area contributed by atoms with Gasteiger partial charge in [-0.2, -0.15) is 16.8 Å². The first-order valence-corrected chi connectivity index (χ1v) is 13.4. The summed E-state index contributed by atoms with van der Waals surface area (Å²) in [4.78, 5) is -0.295. The minimum absolute atomic E-state index is 0. The first-order valence-electron chi connectivity index (χ1n) is 10.6. The molecule has 0 radical (unpaired) electrons. The third kappa shape index (κ3) is 13.8. The van der Waals surface area contributed by atoms with E-state index in [1.807, 2.05) is 0 Å². The topological polar surface area (TPSA) is 127 Å². The van der Waals surface area contributed by atoms with Crippen molar-refractivity contribution in [3.63, 3.8) is 0 Å². The van der Waals surface area contributed by atoms with Crippen LogP contribution in [-0.4, -0.2) is 98.3 Å². The molecule has 0 aliphatic carbocycles. The van der Waals surface area contributed by atoms with Gasteiger partial charge in [0.15, 0.2) is 0 Å². The Morgan fingerprint density at radius 1 is 0.500 bits per heavy atom. The zero-order valence-corrected chi connectivity index (χ0v) is 19.5. The molecule has 34 heavy (non-hydrogen) atoms. The van der Waals surface area contributed by atoms with Crippen molar-refractivity contribution >= 4 is 79.4 Å². The van der Waals surface area contributed by atoms with E-state index in [-0.39, 0.29) is 68.9 Å². The van der Waals surface area contributed by atoms with E-state index in [0.29, 0.717) is 24.7 Å². The Bertz CT molecular complexity index is 940. The second-order valence-electron chi connectivity index (χ2n) is 7.42. The minimum atomic E-state index is -4.17. The van der Waals surface area contributed by atoms with Gasteiger partial charge in [0, 0.05) is 0 Å². The van der Waals surface area contributed by atoms with Crippen LogP contribution in [0.4, 0.5) is 0 Å². The number of hydrogen-bond acceptors (Lipinski definition) is 6. The van der Waals surface area contributed by atoms with E-state index in [2.05, 4.69) is 0 Å². The fourth-order valence-corrected chi connectivity index (χ4v) is 4.02. The van der Waals surface area contributed by atoms with Crippen molar-refractivity contribution in [2.75, 3.05) is 13.2 Å². The van der Waals surface area contributed by atoms with Crippen molar-refractivity contribution in [3.05, 3.63) is 48.5 Å². The van der Waals surface area contributed by atoms with Gasteiger partial charge in [0.1, 0.15) is 11.5 Å². The van der Waals surface area contributed by atoms with Crippen molar-refractivity contribution in [3.8, 4) is 11.5 Å². The molecule has 2 rings (SSSR count). The van der Waals surface area contributed by atoms with Gasteiger partial charge in [-0.1, -0.05) is 38.5 Å². The molecule has 2 aromatic rings. The Labute approximate surface area is 246 Å². The molecule has 0 aliphatic heterocycles. The molecule has 2 N–H and O–H groups in total. The van der Waals surface area contributed by atoms with Gasteiger partial charge in [-0.25, -0.2) is 0 Å². The fourth-order valence-electron chi connectivity index (χ4n) is 3.06. The Kier molecular flexibility index (Phi) is 17.3. The van der Waals surface area contributed by atoms with Crippen LogP contribution in [-0.2, 0) is 20.2 Å². The second kappa shape index (κ2) is 17.3. The summed E-state index contributed by atoms with van der Waals surface area (Å²) < 4.78 is 73.0. The molecular weight excluding hydrogens is 502 g/mol. The van der Waals surface area contributed by atoms with Crippen LogP contribution in [0.2, 0.25) is 0 Å². The third-order valence-electron chi connectivity index (χ3n) is 4.82. The number of hydrogen-bond donors (Lipinski definition) is 2.